The van der Waals surface area contributed by atoms with Crippen LogP contribution in [0.3, 0.4) is 0 Å². The molecule has 6 N–H and O–H groups in total. The van der Waals surface area contributed by atoms with Crippen LogP contribution in [-0.2, 0) is 21.3 Å². The Morgan fingerprint density at radius 3 is 2.36 bits per heavy atom. The Morgan fingerprint density at radius 1 is 0.944 bits per heavy atom. The Bertz CT molecular complexity index is 1440. The molecule has 0 saturated carbocycles. The van der Waals surface area contributed by atoms with E-state index in [9.17, 15) is 17.8 Å². The van der Waals surface area contributed by atoms with Crippen LogP contribution >= 0.6 is 0 Å². The summed E-state index contributed by atoms with van der Waals surface area (Å²) in [6.45, 7) is 0.0492. The number of nitrogen functional groups attached to an aromatic ring is 2. The molecule has 0 aliphatic rings. The fraction of sp³-hybridized carbons (Fsp3) is 0.174. The van der Waals surface area contributed by atoms with Gasteiger partial charge in [0, 0.05) is 6.61 Å². The number of nitrogens with two attached hydrogens (primary N) is 2. The van der Waals surface area contributed by atoms with Crippen molar-refractivity contribution in [1.82, 2.24) is 0 Å². The largest absolute Gasteiger partial charge is 0.465 e. The van der Waals surface area contributed by atoms with Gasteiger partial charge in [0.2, 0.25) is 0 Å². The Hall–Kier alpha value is -4.20. The predicted molar refractivity (Wildman–Crippen MR) is 133 cm³/mol. The molecule has 0 bridgehead atoms. The predicted octanol–water partition coefficient (Wildman–Crippen LogP) is 4.64. The highest BCUT2D eigenvalue weighted by molar-refractivity contribution is 7.86. The van der Waals surface area contributed by atoms with Crippen LogP contribution in [0.15, 0.2) is 79.9 Å². The van der Waals surface area contributed by atoms with Crippen molar-refractivity contribution in [2.75, 3.05) is 25.2 Å². The van der Waals surface area contributed by atoms with Crippen molar-refractivity contribution in [1.29, 1.82) is 0 Å². The lowest BCUT2D eigenvalue weighted by Gasteiger charge is -2.10. The number of aliphatic hydroxyl groups excluding tert-OH is 1. The minimum absolute atomic E-state index is 0.0492. The molecule has 0 aliphatic heterocycles. The maximum atomic E-state index is 12.0. The zero-order valence-corrected chi connectivity index (χ0v) is 20.0. The number of carbonyl (C=O) groups is 1. The third-order valence-electron chi connectivity index (χ3n) is 4.97. The van der Waals surface area contributed by atoms with Crippen molar-refractivity contribution in [3.05, 3.63) is 65.7 Å². The third-order valence-corrected chi connectivity index (χ3v) is 5.87. The van der Waals surface area contributed by atoms with E-state index in [1.807, 2.05) is 6.07 Å². The van der Waals surface area contributed by atoms with Gasteiger partial charge in [0.05, 0.1) is 29.7 Å². The first-order valence-electron chi connectivity index (χ1n) is 10.6. The molecule has 36 heavy (non-hydrogen) atoms. The molecule has 13 heteroatoms. The minimum Gasteiger partial charge on any atom is -0.465 e. The Labute approximate surface area is 207 Å². The number of ether oxygens (including phenoxy) is 1. The SMILES string of the molecule is COC(=O)c1ccccc1N=Nc1c(N)c(N=Nc2cccc(CCCO)c2)cc(S(=O)(=O)O)c1N. The second-order valence-electron chi connectivity index (χ2n) is 7.45. The first kappa shape index (κ1) is 26.4. The zero-order chi connectivity index (χ0) is 26.3. The van der Waals surface area contributed by atoms with Crippen LogP contribution in [0.4, 0.5) is 34.1 Å². The molecule has 0 unspecified atom stereocenters. The molecule has 188 valence electrons. The smallest absolute Gasteiger partial charge is 0.340 e. The summed E-state index contributed by atoms with van der Waals surface area (Å²) in [6, 6.07) is 14.2. The molecule has 0 spiro atoms. The number of benzene rings is 3. The van der Waals surface area contributed by atoms with Gasteiger partial charge in [-0.25, -0.2) is 4.79 Å². The number of carbonyl (C=O) groups excluding carboxylic acids is 1. The number of anilines is 2. The van der Waals surface area contributed by atoms with Gasteiger partial charge in [0.25, 0.3) is 10.1 Å². The van der Waals surface area contributed by atoms with Crippen molar-refractivity contribution >= 4 is 50.2 Å². The fourth-order valence-corrected chi connectivity index (χ4v) is 3.82. The van der Waals surface area contributed by atoms with E-state index in [0.29, 0.717) is 18.5 Å². The number of nitrogens with zero attached hydrogens (tertiary/aromatic N) is 4. The van der Waals surface area contributed by atoms with Crippen molar-refractivity contribution in [3.8, 4) is 0 Å². The van der Waals surface area contributed by atoms with E-state index < -0.39 is 26.7 Å². The molecular formula is C23H24N6O6S. The van der Waals surface area contributed by atoms with Crippen molar-refractivity contribution in [2.45, 2.75) is 17.7 Å². The molecule has 0 saturated heterocycles. The summed E-state index contributed by atoms with van der Waals surface area (Å²) in [6.07, 6.45) is 1.21. The van der Waals surface area contributed by atoms with Crippen molar-refractivity contribution in [2.24, 2.45) is 20.5 Å². The Morgan fingerprint density at radius 2 is 1.67 bits per heavy atom. The van der Waals surface area contributed by atoms with E-state index >= 15 is 0 Å². The van der Waals surface area contributed by atoms with Crippen molar-refractivity contribution in [3.63, 3.8) is 0 Å². The molecule has 3 rings (SSSR count). The first-order valence-corrected chi connectivity index (χ1v) is 12.0. The molecule has 0 fully saturated rings. The van der Waals surface area contributed by atoms with Gasteiger partial charge in [-0.2, -0.15) is 13.5 Å². The van der Waals surface area contributed by atoms with Gasteiger partial charge in [0.15, 0.2) is 0 Å². The van der Waals surface area contributed by atoms with E-state index in [0.717, 1.165) is 11.6 Å². The topological polar surface area (TPSA) is 202 Å². The van der Waals surface area contributed by atoms with E-state index in [4.69, 9.17) is 21.3 Å². The van der Waals surface area contributed by atoms with Gasteiger partial charge >= 0.3 is 5.97 Å². The first-order chi connectivity index (χ1) is 17.2. The van der Waals surface area contributed by atoms with Crippen LogP contribution < -0.4 is 11.5 Å². The van der Waals surface area contributed by atoms with E-state index in [2.05, 4.69) is 20.5 Å². The Kier molecular flexibility index (Phi) is 8.42. The summed E-state index contributed by atoms with van der Waals surface area (Å²) in [5.41, 5.74) is 12.7. The number of aryl methyl sites for hydroxylation is 1. The van der Waals surface area contributed by atoms with Gasteiger partial charge in [-0.3, -0.25) is 4.55 Å². The van der Waals surface area contributed by atoms with Crippen LogP contribution in [0, 0.1) is 0 Å². The van der Waals surface area contributed by atoms with E-state index in [1.54, 1.807) is 30.3 Å². The van der Waals surface area contributed by atoms with Crippen LogP contribution in [0.2, 0.25) is 0 Å². The summed E-state index contributed by atoms with van der Waals surface area (Å²) >= 11 is 0. The molecule has 0 heterocycles. The summed E-state index contributed by atoms with van der Waals surface area (Å²) < 4.78 is 38.3. The number of methoxy groups -OCH3 is 1. The molecule has 3 aromatic rings. The average Bonchev–Trinajstić information content (AvgIpc) is 2.86. The van der Waals surface area contributed by atoms with Crippen LogP contribution in [0.25, 0.3) is 0 Å². The minimum atomic E-state index is -4.79. The summed E-state index contributed by atoms with van der Waals surface area (Å²) in [4.78, 5) is 11.3. The summed E-state index contributed by atoms with van der Waals surface area (Å²) in [5.74, 6) is -0.659. The lowest BCUT2D eigenvalue weighted by Crippen LogP contribution is -2.05. The van der Waals surface area contributed by atoms with Crippen LogP contribution in [0.1, 0.15) is 22.3 Å². The lowest BCUT2D eigenvalue weighted by atomic mass is 10.1. The second-order valence-corrected chi connectivity index (χ2v) is 8.84. The number of azo groups is 2. The molecule has 3 aromatic carbocycles. The van der Waals surface area contributed by atoms with Crippen LogP contribution in [0.5, 0.6) is 0 Å². The lowest BCUT2D eigenvalue weighted by molar-refractivity contribution is 0.0601. The number of aliphatic hydroxyl groups is 1. The van der Waals surface area contributed by atoms with Gasteiger partial charge in [-0.1, -0.05) is 24.3 Å². The fourth-order valence-electron chi connectivity index (χ4n) is 3.18. The molecular weight excluding hydrogens is 488 g/mol. The highest BCUT2D eigenvalue weighted by Gasteiger charge is 2.22. The maximum absolute atomic E-state index is 12.0. The van der Waals surface area contributed by atoms with Gasteiger partial charge in [-0.05, 0) is 48.7 Å². The normalized spacial score (nSPS) is 11.9. The molecule has 0 aliphatic carbocycles. The van der Waals surface area contributed by atoms with E-state index in [-0.39, 0.29) is 34.9 Å². The van der Waals surface area contributed by atoms with Crippen molar-refractivity contribution < 1.29 is 27.6 Å². The molecule has 12 nitrogen and oxygen atoms in total. The van der Waals surface area contributed by atoms with Gasteiger partial charge in [0.1, 0.15) is 22.0 Å². The standard InChI is InChI=1S/C23H24N6O6S/c1-35-23(31)16-9-2-3-10-17(16)27-29-22-20(24)18(13-19(21(22)25)36(32,33)34)28-26-15-8-4-6-14(12-15)7-5-11-30/h2-4,6,8-10,12-13,30H,5,7,11,24-25H2,1H3,(H,32,33,34). The number of hydrogen-bond donors (Lipinski definition) is 4. The average molecular weight is 513 g/mol. The second kappa shape index (κ2) is 11.5. The van der Waals surface area contributed by atoms with Gasteiger partial charge < -0.3 is 21.3 Å². The Balaban J connectivity index is 2.08. The number of rotatable bonds is 9. The third kappa shape index (κ3) is 6.27. The van der Waals surface area contributed by atoms with E-state index in [1.165, 1.54) is 19.2 Å². The maximum Gasteiger partial charge on any atom is 0.340 e. The molecule has 0 atom stereocenters. The molecule has 0 amide bonds. The highest BCUT2D eigenvalue weighted by Crippen LogP contribution is 2.43. The summed E-state index contributed by atoms with van der Waals surface area (Å²) in [7, 11) is -3.58. The zero-order valence-electron chi connectivity index (χ0n) is 19.2. The molecule has 0 radical (unpaired) electrons. The quantitative estimate of drug-likeness (QED) is 0.137. The number of hydrogen-bond acceptors (Lipinski definition) is 11. The molecule has 0 aromatic heterocycles. The highest BCUT2D eigenvalue weighted by atomic mass is 32.2. The number of esters is 1. The van der Waals surface area contributed by atoms with Crippen LogP contribution in [-0.4, -0.2) is 37.8 Å². The monoisotopic (exact) mass is 512 g/mol. The van der Waals surface area contributed by atoms with Gasteiger partial charge in [-0.15, -0.1) is 15.3 Å². The summed E-state index contributed by atoms with van der Waals surface area (Å²) in [5, 5.41) is 25.1.